The lowest BCUT2D eigenvalue weighted by atomic mass is 9.84. The van der Waals surface area contributed by atoms with Crippen LogP contribution in [0.3, 0.4) is 0 Å². The lowest BCUT2D eigenvalue weighted by molar-refractivity contribution is -0.118. The average Bonchev–Trinajstić information content (AvgIpc) is 2.82. The molecule has 4 rings (SSSR count). The minimum Gasteiger partial charge on any atom is -0.385 e. The summed E-state index contributed by atoms with van der Waals surface area (Å²) < 4.78 is 0. The van der Waals surface area contributed by atoms with Gasteiger partial charge >= 0.3 is 0 Å². The van der Waals surface area contributed by atoms with Gasteiger partial charge in [-0.1, -0.05) is 60.2 Å². The summed E-state index contributed by atoms with van der Waals surface area (Å²) in [6.45, 7) is 3.61. The third kappa shape index (κ3) is 5.13. The van der Waals surface area contributed by atoms with Crippen LogP contribution >= 0.6 is 0 Å². The van der Waals surface area contributed by atoms with Crippen molar-refractivity contribution in [2.24, 2.45) is 0 Å². The van der Waals surface area contributed by atoms with Gasteiger partial charge in [-0.3, -0.25) is 14.5 Å². The van der Waals surface area contributed by atoms with Crippen molar-refractivity contribution in [1.82, 2.24) is 4.90 Å². The molecule has 3 aromatic carbocycles. The van der Waals surface area contributed by atoms with Crippen LogP contribution in [0.15, 0.2) is 78.9 Å². The lowest BCUT2D eigenvalue weighted by Crippen LogP contribution is -2.45. The number of amides is 1. The molecule has 0 aromatic heterocycles. The van der Waals surface area contributed by atoms with Gasteiger partial charge < -0.3 is 10.4 Å². The summed E-state index contributed by atoms with van der Waals surface area (Å²) in [5.41, 5.74) is 3.16. The number of likely N-dealkylation sites (tertiary alicyclic amines) is 1. The van der Waals surface area contributed by atoms with E-state index < -0.39 is 5.60 Å². The highest BCUT2D eigenvalue weighted by Crippen LogP contribution is 2.32. The summed E-state index contributed by atoms with van der Waals surface area (Å²) in [7, 11) is 0. The number of benzene rings is 3. The molecule has 0 unspecified atom stereocenters. The summed E-state index contributed by atoms with van der Waals surface area (Å²) in [5, 5.41) is 13.9. The van der Waals surface area contributed by atoms with Crippen molar-refractivity contribution < 1.29 is 14.7 Å². The number of nitrogens with one attached hydrogen (secondary N) is 1. The molecule has 5 nitrogen and oxygen atoms in total. The molecule has 2 N–H and O–H groups in total. The second-order valence-electron chi connectivity index (χ2n) is 8.49. The molecule has 0 saturated carbocycles. The second kappa shape index (κ2) is 9.47. The maximum absolute atomic E-state index is 12.5. The van der Waals surface area contributed by atoms with E-state index >= 15 is 0 Å². The quantitative estimate of drug-likeness (QED) is 0.579. The van der Waals surface area contributed by atoms with E-state index in [1.54, 1.807) is 36.4 Å². The Morgan fingerprint density at radius 1 is 0.875 bits per heavy atom. The molecule has 1 amide bonds. The number of rotatable bonds is 6. The normalized spacial score (nSPS) is 15.8. The summed E-state index contributed by atoms with van der Waals surface area (Å²) in [6, 6.07) is 24.1. The van der Waals surface area contributed by atoms with E-state index in [-0.39, 0.29) is 18.2 Å². The summed E-state index contributed by atoms with van der Waals surface area (Å²) in [4.78, 5) is 27.1. The Kier molecular flexibility index (Phi) is 6.49. The van der Waals surface area contributed by atoms with Crippen molar-refractivity contribution >= 4 is 17.4 Å². The molecule has 1 aliphatic heterocycles. The zero-order valence-corrected chi connectivity index (χ0v) is 18.3. The molecular weight excluding hydrogens is 400 g/mol. The van der Waals surface area contributed by atoms with Gasteiger partial charge in [-0.15, -0.1) is 0 Å². The molecule has 1 saturated heterocycles. The number of hydrogen-bond acceptors (Lipinski definition) is 4. The number of carbonyl (C=O) groups is 2. The van der Waals surface area contributed by atoms with E-state index in [1.807, 2.05) is 49.4 Å². The van der Waals surface area contributed by atoms with Gasteiger partial charge in [0.15, 0.2) is 5.78 Å². The van der Waals surface area contributed by atoms with E-state index in [9.17, 15) is 14.7 Å². The van der Waals surface area contributed by atoms with Crippen LogP contribution in [0, 0.1) is 6.92 Å². The van der Waals surface area contributed by atoms with Crippen molar-refractivity contribution in [3.8, 4) is 0 Å². The molecule has 0 bridgehead atoms. The number of piperidine rings is 1. The second-order valence-corrected chi connectivity index (χ2v) is 8.49. The smallest absolute Gasteiger partial charge is 0.238 e. The number of anilines is 1. The number of ketones is 1. The fourth-order valence-electron chi connectivity index (χ4n) is 4.10. The largest absolute Gasteiger partial charge is 0.385 e. The SMILES string of the molecule is Cc1ccc(C2(O)CCN(CC(=O)Nc3ccc(C(=O)c4ccccc4)cc3)CC2)cc1. The van der Waals surface area contributed by atoms with Crippen LogP contribution in [0.1, 0.15) is 39.9 Å². The van der Waals surface area contributed by atoms with Gasteiger partial charge in [0.05, 0.1) is 12.1 Å². The van der Waals surface area contributed by atoms with Gasteiger partial charge in [0, 0.05) is 29.9 Å². The summed E-state index contributed by atoms with van der Waals surface area (Å²) in [6.07, 6.45) is 1.19. The van der Waals surface area contributed by atoms with Gasteiger partial charge in [-0.2, -0.15) is 0 Å². The van der Waals surface area contributed by atoms with Crippen molar-refractivity contribution in [3.05, 3.63) is 101 Å². The Balaban J connectivity index is 1.29. The maximum Gasteiger partial charge on any atom is 0.238 e. The van der Waals surface area contributed by atoms with Gasteiger partial charge in [-0.05, 0) is 49.6 Å². The number of nitrogens with zero attached hydrogens (tertiary/aromatic N) is 1. The first kappa shape index (κ1) is 21.9. The van der Waals surface area contributed by atoms with Crippen molar-refractivity contribution in [3.63, 3.8) is 0 Å². The first-order valence-corrected chi connectivity index (χ1v) is 10.9. The first-order valence-electron chi connectivity index (χ1n) is 10.9. The summed E-state index contributed by atoms with van der Waals surface area (Å²) in [5.74, 6) is -0.147. The predicted octanol–water partition coefficient (Wildman–Crippen LogP) is 4.15. The van der Waals surface area contributed by atoms with Gasteiger partial charge in [0.2, 0.25) is 5.91 Å². The Morgan fingerprint density at radius 2 is 1.47 bits per heavy atom. The first-order chi connectivity index (χ1) is 15.4. The fourth-order valence-corrected chi connectivity index (χ4v) is 4.10. The minimum absolute atomic E-state index is 0.0437. The van der Waals surface area contributed by atoms with E-state index in [4.69, 9.17) is 0 Å². The highest BCUT2D eigenvalue weighted by Gasteiger charge is 2.34. The minimum atomic E-state index is -0.832. The van der Waals surface area contributed by atoms with Gasteiger partial charge in [-0.25, -0.2) is 0 Å². The lowest BCUT2D eigenvalue weighted by Gasteiger charge is -2.38. The van der Waals surface area contributed by atoms with E-state index in [0.29, 0.717) is 42.7 Å². The maximum atomic E-state index is 12.5. The molecule has 0 atom stereocenters. The molecule has 32 heavy (non-hydrogen) atoms. The topological polar surface area (TPSA) is 69.6 Å². The molecule has 1 heterocycles. The monoisotopic (exact) mass is 428 g/mol. The van der Waals surface area contributed by atoms with E-state index in [1.165, 1.54) is 5.56 Å². The fraction of sp³-hybridized carbons (Fsp3) is 0.259. The van der Waals surface area contributed by atoms with Crippen molar-refractivity contribution in [1.29, 1.82) is 0 Å². The van der Waals surface area contributed by atoms with E-state index in [2.05, 4.69) is 10.2 Å². The number of carbonyl (C=O) groups excluding carboxylic acids is 2. The summed E-state index contributed by atoms with van der Waals surface area (Å²) >= 11 is 0. The number of aryl methyl sites for hydroxylation is 1. The standard InChI is InChI=1S/C27H28N2O3/c1-20-7-11-23(12-8-20)27(32)15-17-29(18-16-27)19-25(30)28-24-13-9-22(10-14-24)26(31)21-5-3-2-4-6-21/h2-14,32H,15-19H2,1H3,(H,28,30). The highest BCUT2D eigenvalue weighted by atomic mass is 16.3. The molecule has 5 heteroatoms. The zero-order valence-electron chi connectivity index (χ0n) is 18.3. The molecule has 164 valence electrons. The Labute approximate surface area is 188 Å². The molecule has 3 aromatic rings. The van der Waals surface area contributed by atoms with E-state index in [0.717, 1.165) is 5.56 Å². The Morgan fingerprint density at radius 3 is 2.09 bits per heavy atom. The van der Waals surface area contributed by atoms with Crippen LogP contribution < -0.4 is 5.32 Å². The van der Waals surface area contributed by atoms with Crippen LogP contribution in [-0.2, 0) is 10.4 Å². The van der Waals surface area contributed by atoms with Crippen LogP contribution in [-0.4, -0.2) is 41.3 Å². The van der Waals surface area contributed by atoms with Crippen molar-refractivity contribution in [2.75, 3.05) is 25.0 Å². The molecule has 1 aliphatic rings. The van der Waals surface area contributed by atoms with Gasteiger partial charge in [0.25, 0.3) is 0 Å². The molecule has 0 aliphatic carbocycles. The van der Waals surface area contributed by atoms with Gasteiger partial charge in [0.1, 0.15) is 0 Å². The third-order valence-electron chi connectivity index (χ3n) is 6.11. The molecule has 0 spiro atoms. The Bertz CT molecular complexity index is 1070. The van der Waals surface area contributed by atoms with Crippen LogP contribution in [0.5, 0.6) is 0 Å². The third-order valence-corrected chi connectivity index (χ3v) is 6.11. The highest BCUT2D eigenvalue weighted by molar-refractivity contribution is 6.09. The zero-order chi connectivity index (χ0) is 22.6. The van der Waals surface area contributed by atoms with Crippen LogP contribution in [0.2, 0.25) is 0 Å². The number of aliphatic hydroxyl groups is 1. The molecular formula is C27H28N2O3. The average molecular weight is 429 g/mol. The number of hydrogen-bond donors (Lipinski definition) is 2. The molecule has 0 radical (unpaired) electrons. The van der Waals surface area contributed by atoms with Crippen molar-refractivity contribution in [2.45, 2.75) is 25.4 Å². The van der Waals surface area contributed by atoms with Crippen LogP contribution in [0.25, 0.3) is 0 Å². The van der Waals surface area contributed by atoms with Crippen LogP contribution in [0.4, 0.5) is 5.69 Å². The predicted molar refractivity (Wildman–Crippen MR) is 126 cm³/mol. The molecule has 1 fully saturated rings. The Hall–Kier alpha value is -3.28.